The molecule has 0 aliphatic rings. The number of urea groups is 1. The summed E-state index contributed by atoms with van der Waals surface area (Å²) < 4.78 is 46.6. The molecule has 0 atom stereocenters. The number of primary amides is 1. The molecule has 0 aromatic heterocycles. The molecule has 5 nitrogen and oxygen atoms in total. The van der Waals surface area contributed by atoms with Crippen molar-refractivity contribution in [1.82, 2.24) is 0 Å². The number of carbonyl (C=O) groups is 1. The highest BCUT2D eigenvalue weighted by Crippen LogP contribution is 2.48. The molecule has 0 unspecified atom stereocenters. The minimum Gasteiger partial charge on any atom is -0.541 e. The first-order chi connectivity index (χ1) is 19.3. The largest absolute Gasteiger partial charge is 0.541 e. The first-order valence-electron chi connectivity index (χ1n) is 15.3. The number of amides is 2. The molecule has 0 aliphatic carbocycles. The summed E-state index contributed by atoms with van der Waals surface area (Å²) in [6, 6.07) is 5.63. The van der Waals surface area contributed by atoms with Crippen molar-refractivity contribution in [2.75, 3.05) is 4.90 Å². The lowest BCUT2D eigenvalue weighted by molar-refractivity contribution is 0.255. The predicted octanol–water partition coefficient (Wildman–Crippen LogP) is 10.9. The van der Waals surface area contributed by atoms with Gasteiger partial charge in [-0.25, -0.2) is 13.6 Å². The Morgan fingerprint density at radius 1 is 0.619 bits per heavy atom. The van der Waals surface area contributed by atoms with Gasteiger partial charge in [-0.2, -0.15) is 0 Å². The second kappa shape index (κ2) is 13.5. The Bertz CT molecular complexity index is 1130. The molecule has 0 heterocycles. The topological polar surface area (TPSA) is 64.8 Å². The third kappa shape index (κ3) is 6.28. The van der Waals surface area contributed by atoms with Crippen molar-refractivity contribution in [3.63, 3.8) is 0 Å². The minimum absolute atomic E-state index is 0.0564. The molecular formula is C33H54F2N2O3Si2. The molecule has 0 saturated heterocycles. The fraction of sp³-hybridized carbons (Fsp3) is 0.606. The SMILES string of the molecule is Cc1ccc(O[Si](C(C)C)(C(C)C)C(C)C)c(F)c1N(C(N)=O)c1c(C)ccc(O[Si](C(C)C)(C(C)C)C(C)C)c1F. The highest BCUT2D eigenvalue weighted by molar-refractivity contribution is 6.78. The monoisotopic (exact) mass is 620 g/mol. The molecule has 2 aromatic carbocycles. The van der Waals surface area contributed by atoms with Crippen molar-refractivity contribution in [2.24, 2.45) is 5.73 Å². The van der Waals surface area contributed by atoms with E-state index in [1.54, 1.807) is 38.1 Å². The van der Waals surface area contributed by atoms with Crippen molar-refractivity contribution >= 4 is 34.0 Å². The summed E-state index contributed by atoms with van der Waals surface area (Å²) in [6.45, 7) is 28.8. The van der Waals surface area contributed by atoms with Crippen LogP contribution in [0.3, 0.4) is 0 Å². The summed E-state index contributed by atoms with van der Waals surface area (Å²) in [7, 11) is -5.07. The molecule has 2 aromatic rings. The number of hydrogen-bond donors (Lipinski definition) is 1. The van der Waals surface area contributed by atoms with E-state index >= 15 is 8.78 Å². The van der Waals surface area contributed by atoms with Crippen LogP contribution in [0.25, 0.3) is 0 Å². The molecule has 9 heteroatoms. The highest BCUT2D eigenvalue weighted by Gasteiger charge is 2.49. The normalized spacial score (nSPS) is 12.8. The number of nitrogens with zero attached hydrogens (tertiary/aromatic N) is 1. The zero-order valence-corrected chi connectivity index (χ0v) is 30.3. The van der Waals surface area contributed by atoms with Crippen LogP contribution in [0.4, 0.5) is 25.0 Å². The summed E-state index contributed by atoms with van der Waals surface area (Å²) in [6.07, 6.45) is 0. The van der Waals surface area contributed by atoms with E-state index in [2.05, 4.69) is 83.1 Å². The van der Waals surface area contributed by atoms with Crippen LogP contribution in [-0.4, -0.2) is 22.7 Å². The van der Waals surface area contributed by atoms with Gasteiger partial charge < -0.3 is 14.6 Å². The van der Waals surface area contributed by atoms with E-state index in [9.17, 15) is 4.79 Å². The summed E-state index contributed by atoms with van der Waals surface area (Å²) in [5.74, 6) is -1.34. The van der Waals surface area contributed by atoms with Gasteiger partial charge in [0, 0.05) is 0 Å². The van der Waals surface area contributed by atoms with Crippen LogP contribution in [0.5, 0.6) is 11.5 Å². The van der Waals surface area contributed by atoms with E-state index in [0.717, 1.165) is 4.90 Å². The van der Waals surface area contributed by atoms with E-state index in [1.165, 1.54) is 0 Å². The summed E-state index contributed by atoms with van der Waals surface area (Å²) in [5, 5.41) is 0. The van der Waals surface area contributed by atoms with Crippen molar-refractivity contribution in [2.45, 2.75) is 130 Å². The molecule has 0 spiro atoms. The zero-order chi connectivity index (χ0) is 32.5. The van der Waals surface area contributed by atoms with Crippen LogP contribution in [0.1, 0.15) is 94.2 Å². The Hall–Kier alpha value is -2.40. The number of hydrogen-bond acceptors (Lipinski definition) is 3. The van der Waals surface area contributed by atoms with Crippen LogP contribution in [0.15, 0.2) is 24.3 Å². The molecule has 0 fully saturated rings. The number of aryl methyl sites for hydroxylation is 2. The van der Waals surface area contributed by atoms with Crippen molar-refractivity contribution in [3.8, 4) is 11.5 Å². The molecule has 2 N–H and O–H groups in total. The fourth-order valence-corrected chi connectivity index (χ4v) is 17.9. The van der Waals surface area contributed by atoms with Crippen LogP contribution in [0.2, 0.25) is 33.2 Å². The number of halogens is 2. The lowest BCUT2D eigenvalue weighted by Gasteiger charge is -2.42. The minimum atomic E-state index is -2.54. The smallest absolute Gasteiger partial charge is 0.324 e. The van der Waals surface area contributed by atoms with Crippen LogP contribution in [-0.2, 0) is 0 Å². The second-order valence-electron chi connectivity index (χ2n) is 13.6. The van der Waals surface area contributed by atoms with Gasteiger partial charge >= 0.3 is 6.03 Å². The van der Waals surface area contributed by atoms with E-state index in [-0.39, 0.29) is 56.1 Å². The lowest BCUT2D eigenvalue weighted by Crippen LogP contribution is -2.51. The maximum Gasteiger partial charge on any atom is 0.324 e. The van der Waals surface area contributed by atoms with Gasteiger partial charge in [-0.3, -0.25) is 4.90 Å². The Kier molecular flexibility index (Phi) is 11.5. The quantitative estimate of drug-likeness (QED) is 0.240. The Labute approximate surface area is 255 Å². The van der Waals surface area contributed by atoms with Gasteiger partial charge in [0.1, 0.15) is 11.5 Å². The number of rotatable bonds is 12. The molecular weight excluding hydrogens is 567 g/mol. The van der Waals surface area contributed by atoms with Gasteiger partial charge in [-0.05, 0) is 70.4 Å². The summed E-state index contributed by atoms with van der Waals surface area (Å²) >= 11 is 0. The molecule has 0 radical (unpaired) electrons. The van der Waals surface area contributed by atoms with Crippen LogP contribution >= 0.6 is 0 Å². The first-order valence-corrected chi connectivity index (χ1v) is 19.6. The molecule has 2 rings (SSSR count). The zero-order valence-electron chi connectivity index (χ0n) is 28.3. The first kappa shape index (κ1) is 35.8. The lowest BCUT2D eigenvalue weighted by atomic mass is 10.1. The second-order valence-corrected chi connectivity index (χ2v) is 24.4. The van der Waals surface area contributed by atoms with Gasteiger partial charge in [0.15, 0.2) is 11.6 Å². The van der Waals surface area contributed by atoms with Crippen molar-refractivity contribution in [1.29, 1.82) is 0 Å². The number of benzene rings is 2. The number of anilines is 2. The predicted molar refractivity (Wildman–Crippen MR) is 177 cm³/mol. The van der Waals surface area contributed by atoms with Crippen molar-refractivity contribution in [3.05, 3.63) is 47.0 Å². The average molecular weight is 621 g/mol. The van der Waals surface area contributed by atoms with E-state index in [4.69, 9.17) is 14.6 Å². The maximum absolute atomic E-state index is 16.6. The van der Waals surface area contributed by atoms with E-state index in [0.29, 0.717) is 11.1 Å². The average Bonchev–Trinajstić information content (AvgIpc) is 2.85. The fourth-order valence-electron chi connectivity index (χ4n) is 7.41. The highest BCUT2D eigenvalue weighted by atomic mass is 28.4. The van der Waals surface area contributed by atoms with E-state index < -0.39 is 34.3 Å². The summed E-state index contributed by atoms with van der Waals surface area (Å²) in [4.78, 5) is 14.0. The third-order valence-electron chi connectivity index (χ3n) is 9.22. The van der Waals surface area contributed by atoms with Crippen LogP contribution < -0.4 is 19.5 Å². The number of carbonyl (C=O) groups excluding carboxylic acids is 1. The van der Waals surface area contributed by atoms with Crippen molar-refractivity contribution < 1.29 is 22.4 Å². The van der Waals surface area contributed by atoms with Gasteiger partial charge in [0.05, 0.1) is 11.4 Å². The van der Waals surface area contributed by atoms with Gasteiger partial charge in [-0.1, -0.05) is 95.2 Å². The Morgan fingerprint density at radius 2 is 0.881 bits per heavy atom. The molecule has 0 bridgehead atoms. The van der Waals surface area contributed by atoms with E-state index in [1.807, 2.05) is 0 Å². The molecule has 0 aliphatic heterocycles. The molecule has 42 heavy (non-hydrogen) atoms. The van der Waals surface area contributed by atoms with Gasteiger partial charge in [-0.15, -0.1) is 0 Å². The number of nitrogens with two attached hydrogens (primary N) is 1. The summed E-state index contributed by atoms with van der Waals surface area (Å²) in [5.41, 5.74) is 7.78. The van der Waals surface area contributed by atoms with Gasteiger partial charge in [0.2, 0.25) is 0 Å². The molecule has 236 valence electrons. The molecule has 2 amide bonds. The molecule has 0 saturated carbocycles. The Morgan fingerprint density at radius 3 is 1.10 bits per heavy atom. The maximum atomic E-state index is 16.6. The van der Waals surface area contributed by atoms with Gasteiger partial charge in [0.25, 0.3) is 16.6 Å². The standard InChI is InChI=1S/C33H54F2N2O3Si2/c1-19(2)41(20(3)4,21(5)6)39-27-17-15-25(13)31(29(27)34)37(33(36)38)32-26(14)16-18-28(30(32)35)40-42(22(7)8,23(9)10)24(11)12/h15-24H,1-14H3,(H2,36,38). The van der Waals surface area contributed by atoms with Crippen LogP contribution in [0, 0.1) is 25.5 Å². The third-order valence-corrected chi connectivity index (χ3v) is 21.2. The Balaban J connectivity index is 2.85.